The van der Waals surface area contributed by atoms with Gasteiger partial charge in [-0.25, -0.2) is 4.79 Å². The van der Waals surface area contributed by atoms with Gasteiger partial charge in [0.05, 0.1) is 0 Å². The van der Waals surface area contributed by atoms with Gasteiger partial charge in [0.2, 0.25) is 11.8 Å². The Morgan fingerprint density at radius 1 is 1.04 bits per heavy atom. The fraction of sp³-hybridized carbons (Fsp3) is 0.571. The van der Waals surface area contributed by atoms with Crippen molar-refractivity contribution < 1.29 is 19.1 Å². The van der Waals surface area contributed by atoms with E-state index in [0.717, 1.165) is 5.56 Å². The van der Waals surface area contributed by atoms with Crippen LogP contribution in [0.5, 0.6) is 0 Å². The van der Waals surface area contributed by atoms with Gasteiger partial charge in [-0.15, -0.1) is 0 Å². The van der Waals surface area contributed by atoms with Crippen molar-refractivity contribution in [3.8, 4) is 0 Å². The van der Waals surface area contributed by atoms with E-state index >= 15 is 0 Å². The minimum Gasteiger partial charge on any atom is -0.444 e. The second-order valence-corrected chi connectivity index (χ2v) is 8.35. The van der Waals surface area contributed by atoms with Crippen molar-refractivity contribution in [2.45, 2.75) is 51.8 Å². The van der Waals surface area contributed by atoms with Gasteiger partial charge in [-0.05, 0) is 32.8 Å². The number of benzene rings is 1. The van der Waals surface area contributed by atoms with Gasteiger partial charge >= 0.3 is 6.09 Å². The monoisotopic (exact) mass is 387 g/mol. The SMILES string of the molecule is CC(C)(C)OC(=O)N1CCN(C(=O)C2CCC(=O)N2Cc2ccccc2)CC1. The Morgan fingerprint density at radius 3 is 2.25 bits per heavy atom. The number of piperazine rings is 1. The van der Waals surface area contributed by atoms with Gasteiger partial charge in [-0.3, -0.25) is 9.59 Å². The number of carbonyl (C=O) groups is 3. The van der Waals surface area contributed by atoms with Gasteiger partial charge in [0, 0.05) is 39.1 Å². The van der Waals surface area contributed by atoms with Crippen molar-refractivity contribution in [3.05, 3.63) is 35.9 Å². The number of carbonyl (C=O) groups excluding carboxylic acids is 3. The van der Waals surface area contributed by atoms with Crippen LogP contribution in [0, 0.1) is 0 Å². The molecule has 1 aromatic carbocycles. The number of amides is 3. The van der Waals surface area contributed by atoms with Crippen molar-refractivity contribution >= 4 is 17.9 Å². The molecule has 0 bridgehead atoms. The Kier molecular flexibility index (Phi) is 5.91. The second kappa shape index (κ2) is 8.20. The molecule has 2 aliphatic heterocycles. The third-order valence-electron chi connectivity index (χ3n) is 5.05. The zero-order chi connectivity index (χ0) is 20.3. The Bertz CT molecular complexity index is 721. The lowest BCUT2D eigenvalue weighted by Crippen LogP contribution is -2.55. The fourth-order valence-corrected chi connectivity index (χ4v) is 3.62. The molecule has 7 heteroatoms. The molecule has 0 spiro atoms. The van der Waals surface area contributed by atoms with Gasteiger partial charge in [0.1, 0.15) is 11.6 Å². The molecule has 1 aromatic rings. The van der Waals surface area contributed by atoms with E-state index in [9.17, 15) is 14.4 Å². The summed E-state index contributed by atoms with van der Waals surface area (Å²) < 4.78 is 5.40. The van der Waals surface area contributed by atoms with Crippen LogP contribution in [0.1, 0.15) is 39.2 Å². The summed E-state index contributed by atoms with van der Waals surface area (Å²) in [6, 6.07) is 9.31. The maximum absolute atomic E-state index is 13.0. The van der Waals surface area contributed by atoms with Crippen LogP contribution in [0.25, 0.3) is 0 Å². The molecular weight excluding hydrogens is 358 g/mol. The highest BCUT2D eigenvalue weighted by atomic mass is 16.6. The fourth-order valence-electron chi connectivity index (χ4n) is 3.62. The van der Waals surface area contributed by atoms with Crippen molar-refractivity contribution in [1.82, 2.24) is 14.7 Å². The minimum atomic E-state index is -0.536. The van der Waals surface area contributed by atoms with E-state index < -0.39 is 11.6 Å². The molecule has 2 saturated heterocycles. The second-order valence-electron chi connectivity index (χ2n) is 8.35. The molecule has 0 saturated carbocycles. The van der Waals surface area contributed by atoms with Gasteiger partial charge < -0.3 is 19.4 Å². The minimum absolute atomic E-state index is 0.0226. The standard InChI is InChI=1S/C21H29N3O4/c1-21(2,3)28-20(27)23-13-11-22(12-14-23)19(26)17-9-10-18(25)24(17)15-16-7-5-4-6-8-16/h4-8,17H,9-15H2,1-3H3. The molecule has 0 radical (unpaired) electrons. The van der Waals surface area contributed by atoms with Crippen LogP contribution < -0.4 is 0 Å². The Hall–Kier alpha value is -2.57. The van der Waals surface area contributed by atoms with Crippen molar-refractivity contribution in [2.75, 3.05) is 26.2 Å². The summed E-state index contributed by atoms with van der Waals surface area (Å²) in [4.78, 5) is 42.7. The average Bonchev–Trinajstić information content (AvgIpc) is 3.01. The number of nitrogens with zero attached hydrogens (tertiary/aromatic N) is 3. The molecule has 0 aromatic heterocycles. The van der Waals surface area contributed by atoms with Crippen molar-refractivity contribution in [3.63, 3.8) is 0 Å². The van der Waals surface area contributed by atoms with Crippen LogP contribution >= 0.6 is 0 Å². The third kappa shape index (κ3) is 4.82. The Labute approximate surface area is 166 Å². The molecule has 2 heterocycles. The highest BCUT2D eigenvalue weighted by Crippen LogP contribution is 2.24. The molecule has 3 amide bonds. The maximum Gasteiger partial charge on any atom is 0.410 e. The van der Waals surface area contributed by atoms with E-state index in [-0.39, 0.29) is 17.9 Å². The van der Waals surface area contributed by atoms with Crippen LogP contribution in [-0.4, -0.2) is 70.4 Å². The molecule has 2 aliphatic rings. The van der Waals surface area contributed by atoms with E-state index in [1.807, 2.05) is 51.1 Å². The average molecular weight is 387 g/mol. The van der Waals surface area contributed by atoms with E-state index in [4.69, 9.17) is 4.74 Å². The summed E-state index contributed by atoms with van der Waals surface area (Å²) in [7, 11) is 0. The van der Waals surface area contributed by atoms with Gasteiger partial charge in [0.15, 0.2) is 0 Å². The van der Waals surface area contributed by atoms with Crippen LogP contribution in [0.15, 0.2) is 30.3 Å². The predicted molar refractivity (Wildman–Crippen MR) is 104 cm³/mol. The van der Waals surface area contributed by atoms with Gasteiger partial charge in [-0.1, -0.05) is 30.3 Å². The largest absolute Gasteiger partial charge is 0.444 e. The molecule has 152 valence electrons. The van der Waals surface area contributed by atoms with Gasteiger partial charge in [0.25, 0.3) is 0 Å². The predicted octanol–water partition coefficient (Wildman–Crippen LogP) is 2.26. The first-order valence-electron chi connectivity index (χ1n) is 9.85. The van der Waals surface area contributed by atoms with Crippen LogP contribution in [-0.2, 0) is 20.9 Å². The quantitative estimate of drug-likeness (QED) is 0.798. The lowest BCUT2D eigenvalue weighted by molar-refractivity contribution is -0.143. The lowest BCUT2D eigenvalue weighted by atomic mass is 10.1. The number of rotatable bonds is 3. The summed E-state index contributed by atoms with van der Waals surface area (Å²) in [5.74, 6) is 0.000198. The summed E-state index contributed by atoms with van der Waals surface area (Å²) >= 11 is 0. The highest BCUT2D eigenvalue weighted by Gasteiger charge is 2.39. The number of hydrogen-bond donors (Lipinski definition) is 0. The first-order chi connectivity index (χ1) is 13.2. The normalized spacial score (nSPS) is 20.5. The molecule has 1 unspecified atom stereocenters. The lowest BCUT2D eigenvalue weighted by Gasteiger charge is -2.37. The maximum atomic E-state index is 13.0. The van der Waals surface area contributed by atoms with E-state index in [0.29, 0.717) is 45.6 Å². The summed E-state index contributed by atoms with van der Waals surface area (Å²) in [5.41, 5.74) is 0.483. The van der Waals surface area contributed by atoms with Crippen molar-refractivity contribution in [2.24, 2.45) is 0 Å². The third-order valence-corrected chi connectivity index (χ3v) is 5.05. The number of ether oxygens (including phenoxy) is 1. The molecular formula is C21H29N3O4. The Balaban J connectivity index is 1.58. The van der Waals surface area contributed by atoms with E-state index in [1.54, 1.807) is 14.7 Å². The molecule has 3 rings (SSSR count). The summed E-state index contributed by atoms with van der Waals surface area (Å²) in [6.07, 6.45) is 0.610. The summed E-state index contributed by atoms with van der Waals surface area (Å²) in [5, 5.41) is 0. The molecule has 7 nitrogen and oxygen atoms in total. The topological polar surface area (TPSA) is 70.2 Å². The zero-order valence-corrected chi connectivity index (χ0v) is 16.9. The molecule has 0 N–H and O–H groups in total. The Morgan fingerprint density at radius 2 is 1.64 bits per heavy atom. The van der Waals surface area contributed by atoms with E-state index in [2.05, 4.69) is 0 Å². The van der Waals surface area contributed by atoms with E-state index in [1.165, 1.54) is 0 Å². The first kappa shape index (κ1) is 20.2. The smallest absolute Gasteiger partial charge is 0.410 e. The highest BCUT2D eigenvalue weighted by molar-refractivity contribution is 5.91. The summed E-state index contributed by atoms with van der Waals surface area (Å²) in [6.45, 7) is 7.77. The van der Waals surface area contributed by atoms with Crippen LogP contribution in [0.4, 0.5) is 4.79 Å². The number of likely N-dealkylation sites (tertiary alicyclic amines) is 1. The van der Waals surface area contributed by atoms with Crippen LogP contribution in [0.2, 0.25) is 0 Å². The molecule has 28 heavy (non-hydrogen) atoms. The zero-order valence-electron chi connectivity index (χ0n) is 16.9. The van der Waals surface area contributed by atoms with Gasteiger partial charge in [-0.2, -0.15) is 0 Å². The first-order valence-corrected chi connectivity index (χ1v) is 9.85. The molecule has 1 atom stereocenters. The number of hydrogen-bond acceptors (Lipinski definition) is 4. The van der Waals surface area contributed by atoms with Crippen molar-refractivity contribution in [1.29, 1.82) is 0 Å². The molecule has 0 aliphatic carbocycles. The van der Waals surface area contributed by atoms with Crippen LogP contribution in [0.3, 0.4) is 0 Å². The molecule has 2 fully saturated rings.